The lowest BCUT2D eigenvalue weighted by molar-refractivity contribution is -0.0548. The van der Waals surface area contributed by atoms with Crippen LogP contribution < -0.4 is 9.47 Å². The number of ether oxygens (including phenoxy) is 5. The fraction of sp³-hybridized carbons (Fsp3) is 0.625. The predicted octanol–water partition coefficient (Wildman–Crippen LogP) is 2.28. The fourth-order valence-electron chi connectivity index (χ4n) is 1.91. The van der Waals surface area contributed by atoms with Gasteiger partial charge in [0.25, 0.3) is 0 Å². The highest BCUT2D eigenvalue weighted by Gasteiger charge is 2.11. The largest absolute Gasteiger partial charge is 0.487 e. The van der Waals surface area contributed by atoms with E-state index < -0.39 is 0 Å². The highest BCUT2D eigenvalue weighted by molar-refractivity contribution is 5.39. The van der Waals surface area contributed by atoms with Gasteiger partial charge in [-0.25, -0.2) is 0 Å². The Labute approximate surface area is 126 Å². The van der Waals surface area contributed by atoms with E-state index in [-0.39, 0.29) is 12.2 Å². The van der Waals surface area contributed by atoms with Gasteiger partial charge in [-0.2, -0.15) is 0 Å². The lowest BCUT2D eigenvalue weighted by Crippen LogP contribution is -2.25. The molecule has 0 radical (unpaired) electrons. The number of hydrogen-bond donors (Lipinski definition) is 0. The van der Waals surface area contributed by atoms with Crippen molar-refractivity contribution < 1.29 is 23.7 Å². The summed E-state index contributed by atoms with van der Waals surface area (Å²) in [7, 11) is 0. The molecular weight excluding hydrogens is 272 g/mol. The van der Waals surface area contributed by atoms with Crippen molar-refractivity contribution in [3.05, 3.63) is 24.3 Å². The Morgan fingerprint density at radius 2 is 1.43 bits per heavy atom. The van der Waals surface area contributed by atoms with E-state index in [9.17, 15) is 0 Å². The van der Waals surface area contributed by atoms with E-state index in [0.717, 1.165) is 11.5 Å². The van der Waals surface area contributed by atoms with Crippen LogP contribution in [0.4, 0.5) is 0 Å². The average molecular weight is 296 g/mol. The molecule has 21 heavy (non-hydrogen) atoms. The van der Waals surface area contributed by atoms with E-state index in [1.165, 1.54) is 0 Å². The van der Waals surface area contributed by atoms with Crippen LogP contribution in [0.2, 0.25) is 0 Å². The Morgan fingerprint density at radius 3 is 2.24 bits per heavy atom. The van der Waals surface area contributed by atoms with Gasteiger partial charge in [0.2, 0.25) is 0 Å². The summed E-state index contributed by atoms with van der Waals surface area (Å²) < 4.78 is 28.2. The third-order valence-electron chi connectivity index (χ3n) is 3.05. The van der Waals surface area contributed by atoms with E-state index in [4.69, 9.17) is 23.7 Å². The van der Waals surface area contributed by atoms with Crippen LogP contribution in [0.25, 0.3) is 0 Å². The van der Waals surface area contributed by atoms with Crippen molar-refractivity contribution in [2.75, 3.05) is 39.6 Å². The molecule has 0 bridgehead atoms. The normalized spacial score (nSPS) is 25.6. The molecule has 2 atom stereocenters. The van der Waals surface area contributed by atoms with Crippen LogP contribution in [-0.2, 0) is 14.2 Å². The number of benzene rings is 1. The van der Waals surface area contributed by atoms with Gasteiger partial charge in [-0.3, -0.25) is 0 Å². The molecule has 1 aliphatic heterocycles. The highest BCUT2D eigenvalue weighted by Crippen LogP contribution is 2.26. The van der Waals surface area contributed by atoms with E-state index in [1.807, 2.05) is 38.1 Å². The molecule has 0 aromatic heterocycles. The van der Waals surface area contributed by atoms with E-state index in [2.05, 4.69) is 0 Å². The zero-order valence-corrected chi connectivity index (χ0v) is 12.7. The molecule has 1 aromatic carbocycles. The van der Waals surface area contributed by atoms with E-state index in [1.54, 1.807) is 0 Å². The van der Waals surface area contributed by atoms with Crippen molar-refractivity contribution >= 4 is 0 Å². The summed E-state index contributed by atoms with van der Waals surface area (Å²) in [6.07, 6.45) is 0.0372. The molecule has 1 aromatic rings. The quantitative estimate of drug-likeness (QED) is 0.735. The Kier molecular flexibility index (Phi) is 6.79. The maximum atomic E-state index is 5.78. The first-order valence-electron chi connectivity index (χ1n) is 7.41. The Hall–Kier alpha value is -1.30. The average Bonchev–Trinajstić information content (AvgIpc) is 2.50. The minimum atomic E-state index is -0.00881. The molecule has 5 nitrogen and oxygen atoms in total. The molecule has 0 N–H and O–H groups in total. The molecule has 1 aliphatic rings. The summed E-state index contributed by atoms with van der Waals surface area (Å²) >= 11 is 0. The Bertz CT molecular complexity index is 409. The molecule has 0 fully saturated rings. The fourth-order valence-corrected chi connectivity index (χ4v) is 1.91. The molecule has 1 heterocycles. The van der Waals surface area contributed by atoms with Crippen LogP contribution in [0.3, 0.4) is 0 Å². The number of rotatable bonds is 0. The molecule has 0 amide bonds. The van der Waals surface area contributed by atoms with Crippen LogP contribution in [0, 0.1) is 0 Å². The summed E-state index contributed by atoms with van der Waals surface area (Å²) in [5, 5.41) is 0. The lowest BCUT2D eigenvalue weighted by atomic mass is 10.3. The SMILES string of the molecule is CC1COc2ccccc2OCCOCCOC(C)CO1. The third-order valence-corrected chi connectivity index (χ3v) is 3.05. The number of hydrogen-bond acceptors (Lipinski definition) is 5. The Balaban J connectivity index is 1.95. The summed E-state index contributed by atoms with van der Waals surface area (Å²) in [4.78, 5) is 0. The van der Waals surface area contributed by atoms with Gasteiger partial charge >= 0.3 is 0 Å². The molecule has 2 unspecified atom stereocenters. The van der Waals surface area contributed by atoms with Gasteiger partial charge in [0.1, 0.15) is 13.2 Å². The first kappa shape index (κ1) is 16.1. The van der Waals surface area contributed by atoms with Crippen molar-refractivity contribution in [3.63, 3.8) is 0 Å². The van der Waals surface area contributed by atoms with Crippen molar-refractivity contribution in [2.45, 2.75) is 26.1 Å². The molecule has 5 heteroatoms. The number of para-hydroxylation sites is 2. The first-order valence-corrected chi connectivity index (χ1v) is 7.41. The van der Waals surface area contributed by atoms with Gasteiger partial charge in [-0.15, -0.1) is 0 Å². The standard InChI is InChI=1S/C16H24O5/c1-13-11-20-14(2)12-21-16-6-4-3-5-15(16)19-10-8-17-7-9-18-13/h3-6,13-14H,7-12H2,1-2H3. The molecule has 118 valence electrons. The Morgan fingerprint density at radius 1 is 0.762 bits per heavy atom. The smallest absolute Gasteiger partial charge is 0.161 e. The molecule has 0 spiro atoms. The van der Waals surface area contributed by atoms with E-state index >= 15 is 0 Å². The van der Waals surface area contributed by atoms with Crippen molar-refractivity contribution in [3.8, 4) is 11.5 Å². The van der Waals surface area contributed by atoms with Crippen molar-refractivity contribution in [2.24, 2.45) is 0 Å². The maximum absolute atomic E-state index is 5.78. The monoisotopic (exact) mass is 296 g/mol. The zero-order valence-electron chi connectivity index (χ0n) is 12.7. The van der Waals surface area contributed by atoms with Gasteiger partial charge < -0.3 is 23.7 Å². The van der Waals surface area contributed by atoms with Gasteiger partial charge in [-0.05, 0) is 26.0 Å². The molecule has 0 aliphatic carbocycles. The van der Waals surface area contributed by atoms with Crippen molar-refractivity contribution in [1.29, 1.82) is 0 Å². The van der Waals surface area contributed by atoms with Gasteiger partial charge in [0.05, 0.1) is 38.6 Å². The second kappa shape index (κ2) is 8.87. The van der Waals surface area contributed by atoms with Crippen LogP contribution in [0.15, 0.2) is 24.3 Å². The molecule has 0 saturated carbocycles. The zero-order chi connectivity index (χ0) is 14.9. The minimum Gasteiger partial charge on any atom is -0.487 e. The topological polar surface area (TPSA) is 46.2 Å². The maximum Gasteiger partial charge on any atom is 0.161 e. The van der Waals surface area contributed by atoms with Crippen LogP contribution in [-0.4, -0.2) is 51.8 Å². The van der Waals surface area contributed by atoms with Gasteiger partial charge in [0, 0.05) is 0 Å². The summed E-state index contributed by atoms with van der Waals surface area (Å²) in [5.74, 6) is 1.46. The van der Waals surface area contributed by atoms with Crippen LogP contribution in [0.1, 0.15) is 13.8 Å². The minimum absolute atomic E-state index is 0.00881. The second-order valence-corrected chi connectivity index (χ2v) is 5.04. The van der Waals surface area contributed by atoms with Gasteiger partial charge in [0.15, 0.2) is 11.5 Å². The molecule has 2 rings (SSSR count). The summed E-state index contributed by atoms with van der Waals surface area (Å²) in [6.45, 7) is 7.13. The molecular formula is C16H24O5. The highest BCUT2D eigenvalue weighted by atomic mass is 16.6. The lowest BCUT2D eigenvalue weighted by Gasteiger charge is -2.18. The second-order valence-electron chi connectivity index (χ2n) is 5.04. The van der Waals surface area contributed by atoms with Gasteiger partial charge in [-0.1, -0.05) is 12.1 Å². The molecule has 0 saturated heterocycles. The number of fused-ring (bicyclic) bond motifs is 1. The van der Waals surface area contributed by atoms with Crippen molar-refractivity contribution in [1.82, 2.24) is 0 Å². The summed E-state index contributed by atoms with van der Waals surface area (Å²) in [6, 6.07) is 7.64. The van der Waals surface area contributed by atoms with Crippen LogP contribution in [0.5, 0.6) is 11.5 Å². The predicted molar refractivity (Wildman–Crippen MR) is 79.1 cm³/mol. The van der Waals surface area contributed by atoms with Crippen LogP contribution >= 0.6 is 0 Å². The van der Waals surface area contributed by atoms with E-state index in [0.29, 0.717) is 39.6 Å². The first-order chi connectivity index (χ1) is 10.3. The third kappa shape index (κ3) is 5.91. The summed E-state index contributed by atoms with van der Waals surface area (Å²) in [5.41, 5.74) is 0.